The van der Waals surface area contributed by atoms with Gasteiger partial charge in [0, 0.05) is 18.4 Å². The number of pyridine rings is 1. The second kappa shape index (κ2) is 7.41. The van der Waals surface area contributed by atoms with Crippen LogP contribution >= 0.6 is 0 Å². The van der Waals surface area contributed by atoms with E-state index in [1.807, 2.05) is 20.8 Å². The number of hydrogen-bond acceptors (Lipinski definition) is 4. The molecule has 2 aromatic heterocycles. The SMILES string of the molecule is Cc1ccn2c(=O)c(C(=O)Nc3ccccc3C(=O)NC(C)C)cnc2c1. The molecule has 0 saturated carbocycles. The van der Waals surface area contributed by atoms with Gasteiger partial charge in [0.1, 0.15) is 11.2 Å². The summed E-state index contributed by atoms with van der Waals surface area (Å²) in [5.74, 6) is -0.919. The molecule has 0 unspecified atom stereocenters. The Labute approximate surface area is 156 Å². The Balaban J connectivity index is 1.94. The first-order valence-electron chi connectivity index (χ1n) is 8.56. The maximum atomic E-state index is 12.6. The van der Waals surface area contributed by atoms with E-state index in [4.69, 9.17) is 0 Å². The molecule has 0 fully saturated rings. The fourth-order valence-corrected chi connectivity index (χ4v) is 2.65. The number of aromatic nitrogens is 2. The van der Waals surface area contributed by atoms with Gasteiger partial charge in [-0.15, -0.1) is 0 Å². The maximum Gasteiger partial charge on any atom is 0.270 e. The quantitative estimate of drug-likeness (QED) is 0.743. The van der Waals surface area contributed by atoms with Gasteiger partial charge in [0.15, 0.2) is 0 Å². The summed E-state index contributed by atoms with van der Waals surface area (Å²) in [7, 11) is 0. The Morgan fingerprint density at radius 2 is 1.81 bits per heavy atom. The average Bonchev–Trinajstić information content (AvgIpc) is 2.61. The standard InChI is InChI=1S/C20H20N4O3/c1-12(2)22-18(25)14-6-4-5-7-16(14)23-19(26)15-11-21-17-10-13(3)8-9-24(17)20(15)27/h4-12H,1-3H3,(H,22,25)(H,23,26). The van der Waals surface area contributed by atoms with Gasteiger partial charge in [-0.25, -0.2) is 4.98 Å². The van der Waals surface area contributed by atoms with Crippen molar-refractivity contribution in [1.82, 2.24) is 14.7 Å². The fraction of sp³-hybridized carbons (Fsp3) is 0.200. The summed E-state index contributed by atoms with van der Waals surface area (Å²) in [4.78, 5) is 41.8. The molecule has 7 nitrogen and oxygen atoms in total. The minimum Gasteiger partial charge on any atom is -0.350 e. The van der Waals surface area contributed by atoms with Crippen molar-refractivity contribution in [2.24, 2.45) is 0 Å². The van der Waals surface area contributed by atoms with Crippen LogP contribution in [0.15, 0.2) is 53.6 Å². The molecule has 0 bridgehead atoms. The van der Waals surface area contributed by atoms with Crippen LogP contribution in [0, 0.1) is 6.92 Å². The topological polar surface area (TPSA) is 92.6 Å². The lowest BCUT2D eigenvalue weighted by atomic mass is 10.1. The number of benzene rings is 1. The van der Waals surface area contributed by atoms with E-state index in [0.29, 0.717) is 16.9 Å². The lowest BCUT2D eigenvalue weighted by molar-refractivity contribution is 0.0944. The third-order valence-electron chi connectivity index (χ3n) is 3.95. The Hall–Kier alpha value is -3.48. The number of fused-ring (bicyclic) bond motifs is 1. The predicted molar refractivity (Wildman–Crippen MR) is 103 cm³/mol. The Bertz CT molecular complexity index is 1090. The fourth-order valence-electron chi connectivity index (χ4n) is 2.65. The van der Waals surface area contributed by atoms with Crippen molar-refractivity contribution in [3.05, 3.63) is 75.8 Å². The highest BCUT2D eigenvalue weighted by molar-refractivity contribution is 6.08. The van der Waals surface area contributed by atoms with Crippen LogP contribution in [0.5, 0.6) is 0 Å². The zero-order valence-corrected chi connectivity index (χ0v) is 15.3. The number of nitrogens with zero attached hydrogens (tertiary/aromatic N) is 2. The van der Waals surface area contributed by atoms with Gasteiger partial charge in [0.2, 0.25) is 0 Å². The molecule has 2 heterocycles. The van der Waals surface area contributed by atoms with E-state index in [2.05, 4.69) is 15.6 Å². The average molecular weight is 364 g/mol. The lowest BCUT2D eigenvalue weighted by Crippen LogP contribution is -2.31. The van der Waals surface area contributed by atoms with Gasteiger partial charge in [-0.2, -0.15) is 0 Å². The van der Waals surface area contributed by atoms with Crippen molar-refractivity contribution < 1.29 is 9.59 Å². The molecule has 0 spiro atoms. The summed E-state index contributed by atoms with van der Waals surface area (Å²) in [6, 6.07) is 10.1. The van der Waals surface area contributed by atoms with Crippen molar-refractivity contribution in [3.63, 3.8) is 0 Å². The minimum absolute atomic E-state index is 0.0425. The van der Waals surface area contributed by atoms with Crippen LogP contribution < -0.4 is 16.2 Å². The summed E-state index contributed by atoms with van der Waals surface area (Å²) in [6.07, 6.45) is 2.84. The van der Waals surface area contributed by atoms with Crippen LogP contribution in [0.2, 0.25) is 0 Å². The van der Waals surface area contributed by atoms with Crippen LogP contribution in [0.4, 0.5) is 5.69 Å². The molecule has 7 heteroatoms. The van der Waals surface area contributed by atoms with Gasteiger partial charge >= 0.3 is 0 Å². The highest BCUT2D eigenvalue weighted by Crippen LogP contribution is 2.16. The Kier molecular flexibility index (Phi) is 5.03. The lowest BCUT2D eigenvalue weighted by Gasteiger charge is -2.13. The van der Waals surface area contributed by atoms with E-state index in [-0.39, 0.29) is 17.5 Å². The first-order chi connectivity index (χ1) is 12.9. The number of hydrogen-bond donors (Lipinski definition) is 2. The normalized spacial score (nSPS) is 10.8. The molecule has 3 aromatic rings. The second-order valence-electron chi connectivity index (χ2n) is 6.54. The highest BCUT2D eigenvalue weighted by Gasteiger charge is 2.17. The van der Waals surface area contributed by atoms with Crippen LogP contribution in [0.25, 0.3) is 5.65 Å². The largest absolute Gasteiger partial charge is 0.350 e. The van der Waals surface area contributed by atoms with Crippen LogP contribution in [-0.2, 0) is 0 Å². The number of carbonyl (C=O) groups excluding carboxylic acids is 2. The molecule has 3 rings (SSSR count). The van der Waals surface area contributed by atoms with Crippen molar-refractivity contribution in [3.8, 4) is 0 Å². The summed E-state index contributed by atoms with van der Waals surface area (Å²) in [6.45, 7) is 5.59. The number of rotatable bonds is 4. The highest BCUT2D eigenvalue weighted by atomic mass is 16.2. The van der Waals surface area contributed by atoms with Crippen LogP contribution in [0.1, 0.15) is 40.1 Å². The van der Waals surface area contributed by atoms with E-state index < -0.39 is 11.5 Å². The molecule has 1 aromatic carbocycles. The number of nitrogens with one attached hydrogen (secondary N) is 2. The van der Waals surface area contributed by atoms with Crippen molar-refractivity contribution >= 4 is 23.1 Å². The van der Waals surface area contributed by atoms with Crippen molar-refractivity contribution in [2.75, 3.05) is 5.32 Å². The molecule has 2 amide bonds. The number of amides is 2. The van der Waals surface area contributed by atoms with Gasteiger partial charge in [0.05, 0.1) is 11.3 Å². The number of aryl methyl sites for hydroxylation is 1. The zero-order valence-electron chi connectivity index (χ0n) is 15.3. The monoisotopic (exact) mass is 364 g/mol. The summed E-state index contributed by atoms with van der Waals surface area (Å²) in [5, 5.41) is 5.43. The van der Waals surface area contributed by atoms with Gasteiger partial charge < -0.3 is 10.6 Å². The summed E-state index contributed by atoms with van der Waals surface area (Å²) >= 11 is 0. The molecule has 0 saturated heterocycles. The molecule has 138 valence electrons. The van der Waals surface area contributed by atoms with E-state index in [1.165, 1.54) is 10.6 Å². The molecule has 27 heavy (non-hydrogen) atoms. The zero-order chi connectivity index (χ0) is 19.6. The summed E-state index contributed by atoms with van der Waals surface area (Å²) < 4.78 is 1.32. The second-order valence-corrected chi connectivity index (χ2v) is 6.54. The Morgan fingerprint density at radius 1 is 1.07 bits per heavy atom. The molecule has 0 aliphatic rings. The molecule has 0 aliphatic carbocycles. The first kappa shape index (κ1) is 18.3. The molecular formula is C20H20N4O3. The van der Waals surface area contributed by atoms with Gasteiger partial charge in [-0.05, 0) is 50.6 Å². The van der Waals surface area contributed by atoms with Gasteiger partial charge in [-0.1, -0.05) is 12.1 Å². The first-order valence-corrected chi connectivity index (χ1v) is 8.56. The van der Waals surface area contributed by atoms with Crippen molar-refractivity contribution in [2.45, 2.75) is 26.8 Å². The Morgan fingerprint density at radius 3 is 2.56 bits per heavy atom. The van der Waals surface area contributed by atoms with Crippen LogP contribution in [0.3, 0.4) is 0 Å². The molecule has 0 radical (unpaired) electrons. The third kappa shape index (κ3) is 3.87. The minimum atomic E-state index is -0.618. The van der Waals surface area contributed by atoms with Crippen molar-refractivity contribution in [1.29, 1.82) is 0 Å². The summed E-state index contributed by atoms with van der Waals surface area (Å²) in [5.41, 5.74) is 1.51. The predicted octanol–water partition coefficient (Wildman–Crippen LogP) is 2.39. The third-order valence-corrected chi connectivity index (χ3v) is 3.95. The molecule has 0 atom stereocenters. The van der Waals surface area contributed by atoms with E-state index in [0.717, 1.165) is 5.56 Å². The molecule has 2 N–H and O–H groups in total. The molecular weight excluding hydrogens is 344 g/mol. The number of anilines is 1. The van der Waals surface area contributed by atoms with Crippen LogP contribution in [-0.4, -0.2) is 27.2 Å². The van der Waals surface area contributed by atoms with E-state index >= 15 is 0 Å². The van der Waals surface area contributed by atoms with Gasteiger partial charge in [0.25, 0.3) is 17.4 Å². The van der Waals surface area contributed by atoms with Gasteiger partial charge in [-0.3, -0.25) is 18.8 Å². The van der Waals surface area contributed by atoms with E-state index in [1.54, 1.807) is 42.6 Å². The number of para-hydroxylation sites is 1. The molecule has 0 aliphatic heterocycles. The maximum absolute atomic E-state index is 12.6. The van der Waals surface area contributed by atoms with E-state index in [9.17, 15) is 14.4 Å². The smallest absolute Gasteiger partial charge is 0.270 e. The number of carbonyl (C=O) groups is 2.